The van der Waals surface area contributed by atoms with E-state index in [1.807, 2.05) is 6.07 Å². The number of benzene rings is 1. The van der Waals surface area contributed by atoms with E-state index in [2.05, 4.69) is 5.16 Å². The Morgan fingerprint density at radius 3 is 2.70 bits per heavy atom. The van der Waals surface area contributed by atoms with E-state index in [0.717, 1.165) is 5.56 Å². The number of rotatable bonds is 6. The van der Waals surface area contributed by atoms with E-state index in [9.17, 15) is 9.59 Å². The molecule has 1 aromatic carbocycles. The van der Waals surface area contributed by atoms with E-state index in [1.54, 1.807) is 33.2 Å². The molecule has 0 saturated heterocycles. The lowest BCUT2D eigenvalue weighted by Gasteiger charge is -2.10. The predicted octanol–water partition coefficient (Wildman–Crippen LogP) is 0.787. The van der Waals surface area contributed by atoms with Gasteiger partial charge in [-0.25, -0.2) is 4.79 Å². The molecule has 8 nitrogen and oxygen atoms in total. The molecular weight excluding hydrogens is 304 g/mol. The molecular formula is C15H18N2O6. The molecule has 0 N–H and O–H groups in total. The van der Waals surface area contributed by atoms with Crippen molar-refractivity contribution >= 4 is 17.6 Å². The first-order valence-corrected chi connectivity index (χ1v) is 6.89. The quantitative estimate of drug-likeness (QED) is 0.437. The minimum absolute atomic E-state index is 0.197. The number of fused-ring (bicyclic) bond motifs is 1. The monoisotopic (exact) mass is 322 g/mol. The van der Waals surface area contributed by atoms with Crippen molar-refractivity contribution in [1.29, 1.82) is 0 Å². The number of oxime groups is 1. The summed E-state index contributed by atoms with van der Waals surface area (Å²) in [5, 5.41) is 3.85. The van der Waals surface area contributed by atoms with Crippen molar-refractivity contribution in [1.82, 2.24) is 4.90 Å². The molecule has 0 atom stereocenters. The van der Waals surface area contributed by atoms with Gasteiger partial charge in [0.2, 0.25) is 13.4 Å². The smallest absolute Gasteiger partial charge is 0.347 e. The van der Waals surface area contributed by atoms with Crippen LogP contribution in [0.2, 0.25) is 0 Å². The Bertz CT molecular complexity index is 626. The Morgan fingerprint density at radius 1 is 1.22 bits per heavy atom. The fourth-order valence-corrected chi connectivity index (χ4v) is 1.67. The Labute approximate surface area is 133 Å². The van der Waals surface area contributed by atoms with Gasteiger partial charge in [0.15, 0.2) is 18.1 Å². The standard InChI is InChI=1S/C15H18N2O6/c1-10(11-4-5-12-13(6-11)22-9-21-12)16-23-8-15(19)20-7-14(18)17(2)3/h4-6H,7-9H2,1-3H3/b16-10-. The maximum absolute atomic E-state index is 11.4. The van der Waals surface area contributed by atoms with E-state index >= 15 is 0 Å². The average molecular weight is 322 g/mol. The van der Waals surface area contributed by atoms with E-state index < -0.39 is 5.97 Å². The summed E-state index contributed by atoms with van der Waals surface area (Å²) in [6, 6.07) is 5.36. The Balaban J connectivity index is 1.81. The molecule has 1 amide bonds. The van der Waals surface area contributed by atoms with Crippen LogP contribution in [-0.2, 0) is 19.2 Å². The first kappa shape index (κ1) is 16.6. The molecule has 1 heterocycles. The molecule has 23 heavy (non-hydrogen) atoms. The van der Waals surface area contributed by atoms with Gasteiger partial charge in [-0.2, -0.15) is 0 Å². The third-order valence-corrected chi connectivity index (χ3v) is 3.03. The normalized spacial score (nSPS) is 12.7. The van der Waals surface area contributed by atoms with Gasteiger partial charge < -0.3 is 23.9 Å². The number of hydrogen-bond donors (Lipinski definition) is 0. The number of carbonyl (C=O) groups is 2. The van der Waals surface area contributed by atoms with Crippen LogP contribution in [0.1, 0.15) is 12.5 Å². The lowest BCUT2D eigenvalue weighted by Crippen LogP contribution is -2.28. The summed E-state index contributed by atoms with van der Waals surface area (Å²) in [6.45, 7) is 1.24. The summed E-state index contributed by atoms with van der Waals surface area (Å²) in [7, 11) is 3.15. The minimum atomic E-state index is -0.664. The molecule has 1 aromatic rings. The summed E-state index contributed by atoms with van der Waals surface area (Å²) in [5.41, 5.74) is 1.35. The van der Waals surface area contributed by atoms with Crippen molar-refractivity contribution < 1.29 is 28.6 Å². The van der Waals surface area contributed by atoms with Crippen molar-refractivity contribution in [2.45, 2.75) is 6.92 Å². The van der Waals surface area contributed by atoms with Gasteiger partial charge in [0.05, 0.1) is 5.71 Å². The fraction of sp³-hybridized carbons (Fsp3) is 0.400. The second-order valence-corrected chi connectivity index (χ2v) is 4.97. The zero-order valence-corrected chi connectivity index (χ0v) is 13.2. The Hall–Kier alpha value is -2.77. The van der Waals surface area contributed by atoms with Crippen molar-refractivity contribution in [3.63, 3.8) is 0 Å². The van der Waals surface area contributed by atoms with Crippen molar-refractivity contribution in [2.24, 2.45) is 5.16 Å². The zero-order chi connectivity index (χ0) is 16.8. The molecule has 2 rings (SSSR count). The summed E-state index contributed by atoms with van der Waals surface area (Å²) >= 11 is 0. The van der Waals surface area contributed by atoms with Crippen LogP contribution in [0, 0.1) is 0 Å². The van der Waals surface area contributed by atoms with Gasteiger partial charge in [-0.05, 0) is 25.1 Å². The van der Waals surface area contributed by atoms with E-state index in [1.165, 1.54) is 4.90 Å². The summed E-state index contributed by atoms with van der Waals surface area (Å²) < 4.78 is 15.3. The first-order chi connectivity index (χ1) is 11.0. The summed E-state index contributed by atoms with van der Waals surface area (Å²) in [6.07, 6.45) is 0. The van der Waals surface area contributed by atoms with Crippen LogP contribution in [0.4, 0.5) is 0 Å². The Kier molecular flexibility index (Phi) is 5.40. The number of hydrogen-bond acceptors (Lipinski definition) is 7. The van der Waals surface area contributed by atoms with Gasteiger partial charge in [-0.15, -0.1) is 0 Å². The molecule has 0 fully saturated rings. The average Bonchev–Trinajstić information content (AvgIpc) is 2.99. The molecule has 0 bridgehead atoms. The lowest BCUT2D eigenvalue weighted by molar-refractivity contribution is -0.154. The van der Waals surface area contributed by atoms with Gasteiger partial charge in [0, 0.05) is 19.7 Å². The SMILES string of the molecule is C/C(=N/OCC(=O)OCC(=O)N(C)C)c1ccc2c(c1)OCO2. The van der Waals surface area contributed by atoms with Crippen LogP contribution >= 0.6 is 0 Å². The van der Waals surface area contributed by atoms with E-state index in [4.69, 9.17) is 19.0 Å². The number of amides is 1. The van der Waals surface area contributed by atoms with Crippen molar-refractivity contribution in [3.8, 4) is 11.5 Å². The topological polar surface area (TPSA) is 86.7 Å². The highest BCUT2D eigenvalue weighted by Gasteiger charge is 2.14. The number of ether oxygens (including phenoxy) is 3. The predicted molar refractivity (Wildman–Crippen MR) is 80.4 cm³/mol. The number of nitrogens with zero attached hydrogens (tertiary/aromatic N) is 2. The van der Waals surface area contributed by atoms with Crippen molar-refractivity contribution in [3.05, 3.63) is 23.8 Å². The zero-order valence-electron chi connectivity index (χ0n) is 13.2. The molecule has 8 heteroatoms. The molecule has 0 saturated carbocycles. The lowest BCUT2D eigenvalue weighted by atomic mass is 10.1. The van der Waals surface area contributed by atoms with E-state index in [-0.39, 0.29) is 25.9 Å². The van der Waals surface area contributed by atoms with Crippen LogP contribution in [0.5, 0.6) is 11.5 Å². The van der Waals surface area contributed by atoms with Gasteiger partial charge in [-0.1, -0.05) is 5.16 Å². The van der Waals surface area contributed by atoms with Crippen LogP contribution in [-0.4, -0.2) is 56.6 Å². The van der Waals surface area contributed by atoms with Crippen molar-refractivity contribution in [2.75, 3.05) is 34.1 Å². The third-order valence-electron chi connectivity index (χ3n) is 3.03. The maximum atomic E-state index is 11.4. The first-order valence-electron chi connectivity index (χ1n) is 6.89. The molecule has 124 valence electrons. The fourth-order valence-electron chi connectivity index (χ4n) is 1.67. The summed E-state index contributed by atoms with van der Waals surface area (Å²) in [5.74, 6) is 0.344. The minimum Gasteiger partial charge on any atom is -0.454 e. The molecule has 0 aliphatic carbocycles. The molecule has 0 radical (unpaired) electrons. The van der Waals surface area contributed by atoms with Crippen LogP contribution in [0.3, 0.4) is 0 Å². The highest BCUT2D eigenvalue weighted by Crippen LogP contribution is 2.32. The number of carbonyl (C=O) groups excluding carboxylic acids is 2. The molecule has 0 aromatic heterocycles. The van der Waals surface area contributed by atoms with Gasteiger partial charge in [0.25, 0.3) is 5.91 Å². The second-order valence-electron chi connectivity index (χ2n) is 4.97. The highest BCUT2D eigenvalue weighted by molar-refractivity contribution is 5.99. The van der Waals surface area contributed by atoms with Crippen LogP contribution in [0.15, 0.2) is 23.4 Å². The highest BCUT2D eigenvalue weighted by atomic mass is 16.7. The molecule has 1 aliphatic rings. The maximum Gasteiger partial charge on any atom is 0.347 e. The number of esters is 1. The third kappa shape index (κ3) is 4.60. The second kappa shape index (κ2) is 7.48. The number of likely N-dealkylation sites (N-methyl/N-ethyl adjacent to an activating group) is 1. The van der Waals surface area contributed by atoms with Crippen LogP contribution in [0.25, 0.3) is 0 Å². The molecule has 0 unspecified atom stereocenters. The summed E-state index contributed by atoms with van der Waals surface area (Å²) in [4.78, 5) is 29.0. The Morgan fingerprint density at radius 2 is 1.96 bits per heavy atom. The van der Waals surface area contributed by atoms with Gasteiger partial charge in [-0.3, -0.25) is 4.79 Å². The van der Waals surface area contributed by atoms with E-state index in [0.29, 0.717) is 17.2 Å². The molecule has 0 spiro atoms. The van der Waals surface area contributed by atoms with Crippen LogP contribution < -0.4 is 9.47 Å². The van der Waals surface area contributed by atoms with Gasteiger partial charge in [0.1, 0.15) is 0 Å². The molecule has 1 aliphatic heterocycles. The van der Waals surface area contributed by atoms with Gasteiger partial charge >= 0.3 is 5.97 Å². The largest absolute Gasteiger partial charge is 0.454 e.